The number of imide groups is 1. The molecular formula is C15H20ClN3O3. The van der Waals surface area contributed by atoms with Gasteiger partial charge in [-0.15, -0.1) is 12.4 Å². The fourth-order valence-corrected chi connectivity index (χ4v) is 2.07. The second kappa shape index (κ2) is 6.46. The van der Waals surface area contributed by atoms with Gasteiger partial charge in [0.15, 0.2) is 0 Å². The number of carbonyl (C=O) groups is 3. The Balaban J connectivity index is 0.00000242. The van der Waals surface area contributed by atoms with Crippen LogP contribution in [0.3, 0.4) is 0 Å². The number of nitrogens with one attached hydrogen (secondary N) is 1. The van der Waals surface area contributed by atoms with Crippen molar-refractivity contribution in [1.82, 2.24) is 10.2 Å². The predicted molar refractivity (Wildman–Crippen MR) is 85.1 cm³/mol. The lowest BCUT2D eigenvalue weighted by Gasteiger charge is -2.20. The third kappa shape index (κ3) is 3.84. The summed E-state index contributed by atoms with van der Waals surface area (Å²) in [5.41, 5.74) is 6.82. The number of aryl methyl sites for hydroxylation is 1. The van der Waals surface area contributed by atoms with Crippen molar-refractivity contribution in [2.75, 3.05) is 13.1 Å². The smallest absolute Gasteiger partial charge is 0.262 e. The molecule has 1 aliphatic heterocycles. The van der Waals surface area contributed by atoms with Crippen molar-refractivity contribution < 1.29 is 14.4 Å². The summed E-state index contributed by atoms with van der Waals surface area (Å²) in [6.45, 7) is 5.38. The lowest BCUT2D eigenvalue weighted by molar-refractivity contribution is -0.121. The highest BCUT2D eigenvalue weighted by Crippen LogP contribution is 2.23. The zero-order valence-corrected chi connectivity index (χ0v) is 13.6. The molecule has 2 rings (SSSR count). The van der Waals surface area contributed by atoms with Crippen LogP contribution in [-0.4, -0.2) is 41.2 Å². The normalized spacial score (nSPS) is 13.7. The van der Waals surface area contributed by atoms with Gasteiger partial charge in [-0.25, -0.2) is 0 Å². The first-order valence-corrected chi connectivity index (χ1v) is 6.71. The number of halogens is 1. The molecule has 0 aromatic heterocycles. The Bertz CT molecular complexity index is 623. The molecule has 1 aromatic rings. The average Bonchev–Trinajstić information content (AvgIpc) is 2.60. The second-order valence-corrected chi connectivity index (χ2v) is 6.01. The molecule has 0 fully saturated rings. The van der Waals surface area contributed by atoms with Crippen molar-refractivity contribution in [3.05, 3.63) is 34.9 Å². The Morgan fingerprint density at radius 3 is 2.41 bits per heavy atom. The highest BCUT2D eigenvalue weighted by molar-refractivity contribution is 6.22. The maximum atomic E-state index is 12.2. The summed E-state index contributed by atoms with van der Waals surface area (Å²) in [5.74, 6) is -1.27. The summed E-state index contributed by atoms with van der Waals surface area (Å²) in [4.78, 5) is 37.2. The van der Waals surface area contributed by atoms with Gasteiger partial charge >= 0.3 is 0 Å². The average molecular weight is 326 g/mol. The Hall–Kier alpha value is -1.92. The minimum Gasteiger partial charge on any atom is -0.353 e. The Morgan fingerprint density at radius 1 is 1.23 bits per heavy atom. The van der Waals surface area contributed by atoms with Crippen LogP contribution in [-0.2, 0) is 4.79 Å². The van der Waals surface area contributed by atoms with E-state index in [9.17, 15) is 14.4 Å². The van der Waals surface area contributed by atoms with Crippen LogP contribution < -0.4 is 11.1 Å². The minimum absolute atomic E-state index is 0. The Morgan fingerprint density at radius 2 is 1.82 bits per heavy atom. The van der Waals surface area contributed by atoms with Gasteiger partial charge in [-0.05, 0) is 32.9 Å². The van der Waals surface area contributed by atoms with Gasteiger partial charge < -0.3 is 11.1 Å². The number of rotatable bonds is 4. The summed E-state index contributed by atoms with van der Waals surface area (Å²) in [5, 5.41) is 2.62. The van der Waals surface area contributed by atoms with E-state index in [1.807, 2.05) is 6.92 Å². The second-order valence-electron chi connectivity index (χ2n) is 6.01. The zero-order chi connectivity index (χ0) is 15.8. The summed E-state index contributed by atoms with van der Waals surface area (Å²) < 4.78 is 0. The van der Waals surface area contributed by atoms with Crippen LogP contribution in [0.15, 0.2) is 18.2 Å². The van der Waals surface area contributed by atoms with Crippen molar-refractivity contribution in [2.45, 2.75) is 26.3 Å². The minimum atomic E-state index is -0.547. The SMILES string of the molecule is Cc1ccc2c(c1)C(=O)N(CC(=O)NCC(C)(C)N)C2=O.Cl. The van der Waals surface area contributed by atoms with Gasteiger partial charge in [0.25, 0.3) is 11.8 Å². The van der Waals surface area contributed by atoms with E-state index in [1.165, 1.54) is 0 Å². The quantitative estimate of drug-likeness (QED) is 0.803. The predicted octanol–water partition coefficient (Wildman–Crippen LogP) is 0.866. The van der Waals surface area contributed by atoms with Gasteiger partial charge in [-0.3, -0.25) is 19.3 Å². The third-order valence-corrected chi connectivity index (χ3v) is 3.17. The number of nitrogens with zero attached hydrogens (tertiary/aromatic N) is 1. The molecule has 120 valence electrons. The van der Waals surface area contributed by atoms with Crippen LogP contribution in [0.2, 0.25) is 0 Å². The van der Waals surface area contributed by atoms with Gasteiger partial charge in [-0.2, -0.15) is 0 Å². The molecule has 0 aliphatic carbocycles. The molecule has 7 heteroatoms. The van der Waals surface area contributed by atoms with Gasteiger partial charge in [0.1, 0.15) is 6.54 Å². The molecule has 0 unspecified atom stereocenters. The molecule has 1 heterocycles. The van der Waals surface area contributed by atoms with Gasteiger partial charge in [0.05, 0.1) is 11.1 Å². The summed E-state index contributed by atoms with van der Waals surface area (Å²) in [6.07, 6.45) is 0. The molecule has 1 aliphatic rings. The van der Waals surface area contributed by atoms with Crippen LogP contribution >= 0.6 is 12.4 Å². The van der Waals surface area contributed by atoms with E-state index in [4.69, 9.17) is 5.73 Å². The monoisotopic (exact) mass is 325 g/mol. The standard InChI is InChI=1S/C15H19N3O3.ClH/c1-9-4-5-10-11(6-9)14(21)18(13(10)20)7-12(19)17-8-15(2,3)16;/h4-6H,7-8,16H2,1-3H3,(H,17,19);1H. The number of hydrogen-bond donors (Lipinski definition) is 2. The fourth-order valence-electron chi connectivity index (χ4n) is 2.07. The van der Waals surface area contributed by atoms with Crippen molar-refractivity contribution in [3.63, 3.8) is 0 Å². The lowest BCUT2D eigenvalue weighted by Crippen LogP contribution is -2.48. The van der Waals surface area contributed by atoms with E-state index in [0.29, 0.717) is 11.1 Å². The summed E-state index contributed by atoms with van der Waals surface area (Å²) >= 11 is 0. The van der Waals surface area contributed by atoms with E-state index in [-0.39, 0.29) is 25.5 Å². The van der Waals surface area contributed by atoms with E-state index >= 15 is 0 Å². The molecule has 0 saturated heterocycles. The highest BCUT2D eigenvalue weighted by atomic mass is 35.5. The van der Waals surface area contributed by atoms with E-state index < -0.39 is 23.3 Å². The largest absolute Gasteiger partial charge is 0.353 e. The first-order chi connectivity index (χ1) is 9.69. The van der Waals surface area contributed by atoms with Gasteiger partial charge in [0, 0.05) is 12.1 Å². The van der Waals surface area contributed by atoms with E-state index in [0.717, 1.165) is 10.5 Å². The summed E-state index contributed by atoms with van der Waals surface area (Å²) in [7, 11) is 0. The first kappa shape index (κ1) is 18.1. The molecule has 0 spiro atoms. The topological polar surface area (TPSA) is 92.5 Å². The highest BCUT2D eigenvalue weighted by Gasteiger charge is 2.36. The molecule has 0 saturated carbocycles. The molecule has 6 nitrogen and oxygen atoms in total. The fraction of sp³-hybridized carbons (Fsp3) is 0.400. The van der Waals surface area contributed by atoms with Gasteiger partial charge in [-0.1, -0.05) is 11.6 Å². The molecule has 22 heavy (non-hydrogen) atoms. The molecular weight excluding hydrogens is 306 g/mol. The number of fused-ring (bicyclic) bond motifs is 1. The molecule has 0 atom stereocenters. The van der Waals surface area contributed by atoms with Crippen molar-refractivity contribution in [1.29, 1.82) is 0 Å². The number of carbonyl (C=O) groups excluding carboxylic acids is 3. The van der Waals surface area contributed by atoms with E-state index in [1.54, 1.807) is 32.0 Å². The number of amides is 3. The van der Waals surface area contributed by atoms with Crippen LogP contribution in [0.4, 0.5) is 0 Å². The van der Waals surface area contributed by atoms with Gasteiger partial charge in [0.2, 0.25) is 5.91 Å². The van der Waals surface area contributed by atoms with Crippen LogP contribution in [0.5, 0.6) is 0 Å². The van der Waals surface area contributed by atoms with Crippen LogP contribution in [0.1, 0.15) is 40.1 Å². The maximum absolute atomic E-state index is 12.2. The molecule has 3 N–H and O–H groups in total. The molecule has 0 radical (unpaired) electrons. The number of nitrogens with two attached hydrogens (primary N) is 1. The lowest BCUT2D eigenvalue weighted by atomic mass is 10.1. The molecule has 3 amide bonds. The number of benzene rings is 1. The van der Waals surface area contributed by atoms with Crippen LogP contribution in [0.25, 0.3) is 0 Å². The Kier molecular flexibility index (Phi) is 5.32. The maximum Gasteiger partial charge on any atom is 0.262 e. The number of hydrogen-bond acceptors (Lipinski definition) is 4. The first-order valence-electron chi connectivity index (χ1n) is 6.71. The zero-order valence-electron chi connectivity index (χ0n) is 12.8. The molecule has 1 aromatic carbocycles. The van der Waals surface area contributed by atoms with Crippen molar-refractivity contribution in [3.8, 4) is 0 Å². The van der Waals surface area contributed by atoms with E-state index in [2.05, 4.69) is 5.32 Å². The third-order valence-electron chi connectivity index (χ3n) is 3.17. The molecule has 0 bridgehead atoms. The Labute approximate surface area is 135 Å². The summed E-state index contributed by atoms with van der Waals surface area (Å²) in [6, 6.07) is 5.05. The van der Waals surface area contributed by atoms with Crippen molar-refractivity contribution in [2.24, 2.45) is 5.73 Å². The van der Waals surface area contributed by atoms with Crippen LogP contribution in [0, 0.1) is 6.92 Å². The van der Waals surface area contributed by atoms with Crippen molar-refractivity contribution >= 4 is 30.1 Å².